The quantitative estimate of drug-likeness (QED) is 0.318. The number of carbonyl (C=O) groups excluding carboxylic acids is 1. The Morgan fingerprint density at radius 1 is 1.00 bits per heavy atom. The smallest absolute Gasteiger partial charge is 0.246 e. The highest BCUT2D eigenvalue weighted by atomic mass is 19.1. The van der Waals surface area contributed by atoms with Gasteiger partial charge in [0.05, 0.1) is 16.8 Å². The molecule has 1 amide bonds. The van der Waals surface area contributed by atoms with E-state index in [1.807, 2.05) is 48.2 Å². The Labute approximate surface area is 222 Å². The highest BCUT2D eigenvalue weighted by molar-refractivity contribution is 5.93. The molecule has 0 N–H and O–H groups in total. The molecule has 2 aromatic carbocycles. The molecule has 0 aliphatic carbocycles. The van der Waals surface area contributed by atoms with Gasteiger partial charge in [-0.15, -0.1) is 0 Å². The Balaban J connectivity index is 1.42. The minimum Gasteiger partial charge on any atom is -0.352 e. The van der Waals surface area contributed by atoms with Crippen molar-refractivity contribution in [2.45, 2.75) is 33.6 Å². The minimum atomic E-state index is -0.291. The van der Waals surface area contributed by atoms with E-state index < -0.39 is 0 Å². The molecule has 8 heteroatoms. The highest BCUT2D eigenvalue weighted by Gasteiger charge is 2.26. The molecule has 1 aliphatic heterocycles. The average molecular weight is 513 g/mol. The summed E-state index contributed by atoms with van der Waals surface area (Å²) < 4.78 is 15.4. The van der Waals surface area contributed by atoms with E-state index in [9.17, 15) is 9.18 Å². The van der Waals surface area contributed by atoms with Gasteiger partial charge in [0.1, 0.15) is 17.5 Å². The van der Waals surface area contributed by atoms with Gasteiger partial charge >= 0.3 is 0 Å². The SMILES string of the molecule is Cc1nn(-c2ccc(F)cc2)c2nc(CCC(C)C)nc(N3CCN(C(=O)/C=C/c4ccccc4)CC3)c12. The number of aryl methyl sites for hydroxylation is 2. The summed E-state index contributed by atoms with van der Waals surface area (Å²) in [5.74, 6) is 1.88. The lowest BCUT2D eigenvalue weighted by molar-refractivity contribution is -0.126. The van der Waals surface area contributed by atoms with Gasteiger partial charge in [0.2, 0.25) is 5.91 Å². The number of halogens is 1. The maximum Gasteiger partial charge on any atom is 0.246 e. The fourth-order valence-corrected chi connectivity index (χ4v) is 4.70. The summed E-state index contributed by atoms with van der Waals surface area (Å²) >= 11 is 0. The maximum atomic E-state index is 13.6. The third-order valence-electron chi connectivity index (χ3n) is 6.85. The van der Waals surface area contributed by atoms with Gasteiger partial charge in [-0.3, -0.25) is 4.79 Å². The maximum absolute atomic E-state index is 13.6. The topological polar surface area (TPSA) is 67.2 Å². The Kier molecular flexibility index (Phi) is 7.49. The molecule has 0 unspecified atom stereocenters. The lowest BCUT2D eigenvalue weighted by Gasteiger charge is -2.35. The van der Waals surface area contributed by atoms with Gasteiger partial charge in [-0.05, 0) is 55.2 Å². The van der Waals surface area contributed by atoms with Crippen LogP contribution in [0, 0.1) is 18.7 Å². The zero-order valence-electron chi connectivity index (χ0n) is 22.1. The Morgan fingerprint density at radius 2 is 1.71 bits per heavy atom. The van der Waals surface area contributed by atoms with E-state index in [1.54, 1.807) is 22.9 Å². The lowest BCUT2D eigenvalue weighted by atomic mass is 10.1. The molecule has 5 rings (SSSR count). The summed E-state index contributed by atoms with van der Waals surface area (Å²) in [6.07, 6.45) is 5.24. The normalized spacial score (nSPS) is 14.2. The van der Waals surface area contributed by atoms with Crippen LogP contribution in [0.3, 0.4) is 0 Å². The number of anilines is 1. The largest absolute Gasteiger partial charge is 0.352 e. The van der Waals surface area contributed by atoms with Gasteiger partial charge in [-0.2, -0.15) is 5.10 Å². The Morgan fingerprint density at radius 3 is 2.39 bits per heavy atom. The molecule has 1 fully saturated rings. The molecule has 0 saturated carbocycles. The van der Waals surface area contributed by atoms with E-state index in [2.05, 4.69) is 18.7 Å². The Bertz CT molecular complexity index is 1440. The van der Waals surface area contributed by atoms with Crippen molar-refractivity contribution in [2.24, 2.45) is 5.92 Å². The number of amides is 1. The van der Waals surface area contributed by atoms with Gasteiger partial charge in [0.25, 0.3) is 0 Å². The van der Waals surface area contributed by atoms with Gasteiger partial charge in [0, 0.05) is 38.7 Å². The number of nitrogens with zero attached hydrogens (tertiary/aromatic N) is 6. The molecule has 3 heterocycles. The van der Waals surface area contributed by atoms with E-state index >= 15 is 0 Å². The second-order valence-electron chi connectivity index (χ2n) is 10.1. The second kappa shape index (κ2) is 11.1. The van der Waals surface area contributed by atoms with Crippen LogP contribution in [0.15, 0.2) is 60.7 Å². The lowest BCUT2D eigenvalue weighted by Crippen LogP contribution is -2.48. The fourth-order valence-electron chi connectivity index (χ4n) is 4.70. The van der Waals surface area contributed by atoms with Gasteiger partial charge < -0.3 is 9.80 Å². The van der Waals surface area contributed by atoms with Crippen molar-refractivity contribution >= 4 is 28.8 Å². The van der Waals surface area contributed by atoms with Crippen LogP contribution < -0.4 is 4.90 Å². The van der Waals surface area contributed by atoms with E-state index in [4.69, 9.17) is 15.1 Å². The summed E-state index contributed by atoms with van der Waals surface area (Å²) in [5, 5.41) is 5.66. The predicted octanol–water partition coefficient (Wildman–Crippen LogP) is 5.21. The number of benzene rings is 2. The number of piperazine rings is 1. The van der Waals surface area contributed by atoms with Gasteiger partial charge in [0.15, 0.2) is 5.65 Å². The molecule has 4 aromatic rings. The summed E-state index contributed by atoms with van der Waals surface area (Å²) in [6.45, 7) is 8.89. The minimum absolute atomic E-state index is 0.0132. The van der Waals surface area contributed by atoms with E-state index in [0.717, 1.165) is 52.5 Å². The molecule has 0 spiro atoms. The van der Waals surface area contributed by atoms with Crippen molar-refractivity contribution in [3.63, 3.8) is 0 Å². The molecule has 196 valence electrons. The number of carbonyl (C=O) groups is 1. The van der Waals surface area contributed by atoms with Crippen molar-refractivity contribution in [3.8, 4) is 5.69 Å². The summed E-state index contributed by atoms with van der Waals surface area (Å²) in [6, 6.07) is 16.1. The van der Waals surface area contributed by atoms with Crippen LogP contribution in [0.2, 0.25) is 0 Å². The average Bonchev–Trinajstić information content (AvgIpc) is 3.27. The number of aromatic nitrogens is 4. The third kappa shape index (κ3) is 5.59. The first-order valence-electron chi connectivity index (χ1n) is 13.2. The summed E-state index contributed by atoms with van der Waals surface area (Å²) in [4.78, 5) is 26.9. The first-order valence-corrected chi connectivity index (χ1v) is 13.2. The predicted molar refractivity (Wildman–Crippen MR) is 149 cm³/mol. The number of hydrogen-bond donors (Lipinski definition) is 0. The number of rotatable bonds is 7. The molecule has 0 radical (unpaired) electrons. The third-order valence-corrected chi connectivity index (χ3v) is 6.85. The van der Waals surface area contributed by atoms with Gasteiger partial charge in [-0.1, -0.05) is 44.2 Å². The van der Waals surface area contributed by atoms with E-state index in [0.29, 0.717) is 32.1 Å². The molecule has 0 bridgehead atoms. The standard InChI is InChI=1S/C30H33FN6O/c1-21(2)9-15-26-32-29(28-22(3)34-37(30(28)33-26)25-13-11-24(31)12-14-25)36-19-17-35(18-20-36)27(38)16-10-23-7-5-4-6-8-23/h4-8,10-14,16,21H,9,15,17-20H2,1-3H3/b16-10+. The number of fused-ring (bicyclic) bond motifs is 1. The Hall–Kier alpha value is -4.07. The monoisotopic (exact) mass is 512 g/mol. The fraction of sp³-hybridized carbons (Fsp3) is 0.333. The molecule has 1 aliphatic rings. The molecule has 2 aromatic heterocycles. The van der Waals surface area contributed by atoms with Gasteiger partial charge in [-0.25, -0.2) is 19.0 Å². The molecule has 7 nitrogen and oxygen atoms in total. The second-order valence-corrected chi connectivity index (χ2v) is 10.1. The van der Waals surface area contributed by atoms with E-state index in [1.165, 1.54) is 12.1 Å². The van der Waals surface area contributed by atoms with Crippen LogP contribution in [0.5, 0.6) is 0 Å². The first kappa shape index (κ1) is 25.6. The molecular weight excluding hydrogens is 479 g/mol. The molecule has 1 saturated heterocycles. The van der Waals surface area contributed by atoms with Crippen LogP contribution in [0.25, 0.3) is 22.8 Å². The zero-order valence-corrected chi connectivity index (χ0v) is 22.1. The van der Waals surface area contributed by atoms with Crippen molar-refractivity contribution in [1.29, 1.82) is 0 Å². The van der Waals surface area contributed by atoms with Crippen molar-refractivity contribution in [1.82, 2.24) is 24.6 Å². The molecule has 38 heavy (non-hydrogen) atoms. The van der Waals surface area contributed by atoms with Crippen molar-refractivity contribution in [3.05, 3.63) is 83.6 Å². The molecular formula is C30H33FN6O. The van der Waals surface area contributed by atoms with E-state index in [-0.39, 0.29) is 11.7 Å². The zero-order chi connectivity index (χ0) is 26.6. The van der Waals surface area contributed by atoms with Crippen molar-refractivity contribution < 1.29 is 9.18 Å². The first-order chi connectivity index (χ1) is 18.4. The van der Waals surface area contributed by atoms with Crippen LogP contribution in [0.1, 0.15) is 37.4 Å². The molecule has 0 atom stereocenters. The number of hydrogen-bond acceptors (Lipinski definition) is 5. The van der Waals surface area contributed by atoms with Crippen LogP contribution in [-0.2, 0) is 11.2 Å². The summed E-state index contributed by atoms with van der Waals surface area (Å²) in [7, 11) is 0. The highest BCUT2D eigenvalue weighted by Crippen LogP contribution is 2.30. The van der Waals surface area contributed by atoms with Crippen LogP contribution >= 0.6 is 0 Å². The van der Waals surface area contributed by atoms with Crippen LogP contribution in [-0.4, -0.2) is 56.7 Å². The summed E-state index contributed by atoms with van der Waals surface area (Å²) in [5.41, 5.74) is 3.30. The van der Waals surface area contributed by atoms with Crippen molar-refractivity contribution in [2.75, 3.05) is 31.1 Å². The van der Waals surface area contributed by atoms with Crippen LogP contribution in [0.4, 0.5) is 10.2 Å².